The Morgan fingerprint density at radius 3 is 3.06 bits per heavy atom. The Morgan fingerprint density at radius 1 is 1.35 bits per heavy atom. The minimum absolute atomic E-state index is 0.615. The zero-order valence-corrected chi connectivity index (χ0v) is 9.04. The second kappa shape index (κ2) is 3.90. The van der Waals surface area contributed by atoms with Crippen LogP contribution in [0.1, 0.15) is 21.9 Å². The number of hydrogen-bond acceptors (Lipinski definition) is 3. The van der Waals surface area contributed by atoms with E-state index >= 15 is 0 Å². The van der Waals surface area contributed by atoms with Crippen LogP contribution in [0.2, 0.25) is 0 Å². The van der Waals surface area contributed by atoms with Gasteiger partial charge in [-0.3, -0.25) is 4.79 Å². The van der Waals surface area contributed by atoms with E-state index in [1.165, 1.54) is 0 Å². The Kier molecular flexibility index (Phi) is 2.26. The highest BCUT2D eigenvalue weighted by atomic mass is 16.3. The SMILES string of the molecule is O=Cc1ccc2cnc(Cc3ccco3)n2c1. The second-order valence-electron chi connectivity index (χ2n) is 3.81. The van der Waals surface area contributed by atoms with Gasteiger partial charge in [0, 0.05) is 11.8 Å². The third kappa shape index (κ3) is 1.73. The number of nitrogens with zero attached hydrogens (tertiary/aromatic N) is 2. The molecule has 4 nitrogen and oxygen atoms in total. The zero-order chi connectivity index (χ0) is 11.7. The number of fused-ring (bicyclic) bond motifs is 1. The van der Waals surface area contributed by atoms with E-state index in [1.807, 2.05) is 22.6 Å². The number of carbonyl (C=O) groups excluding carboxylic acids is 1. The third-order valence-electron chi connectivity index (χ3n) is 2.68. The van der Waals surface area contributed by atoms with E-state index in [2.05, 4.69) is 4.98 Å². The Balaban J connectivity index is 2.07. The van der Waals surface area contributed by atoms with Gasteiger partial charge in [0.25, 0.3) is 0 Å². The molecule has 0 spiro atoms. The lowest BCUT2D eigenvalue weighted by Gasteiger charge is -2.00. The monoisotopic (exact) mass is 226 g/mol. The van der Waals surface area contributed by atoms with E-state index in [1.54, 1.807) is 24.7 Å². The smallest absolute Gasteiger partial charge is 0.151 e. The van der Waals surface area contributed by atoms with Crippen LogP contribution in [0.15, 0.2) is 47.3 Å². The highest BCUT2D eigenvalue weighted by Gasteiger charge is 2.06. The van der Waals surface area contributed by atoms with Crippen LogP contribution in [0.4, 0.5) is 0 Å². The zero-order valence-electron chi connectivity index (χ0n) is 9.04. The van der Waals surface area contributed by atoms with E-state index in [9.17, 15) is 4.79 Å². The lowest BCUT2D eigenvalue weighted by atomic mass is 10.3. The molecule has 3 aromatic heterocycles. The quantitative estimate of drug-likeness (QED) is 0.644. The lowest BCUT2D eigenvalue weighted by molar-refractivity contribution is 0.112. The summed E-state index contributed by atoms with van der Waals surface area (Å²) >= 11 is 0. The van der Waals surface area contributed by atoms with Crippen molar-refractivity contribution in [1.29, 1.82) is 0 Å². The van der Waals surface area contributed by atoms with Gasteiger partial charge in [0.05, 0.1) is 24.4 Å². The van der Waals surface area contributed by atoms with Crippen LogP contribution in [0.5, 0.6) is 0 Å². The van der Waals surface area contributed by atoms with Crippen molar-refractivity contribution in [2.45, 2.75) is 6.42 Å². The Hall–Kier alpha value is -2.36. The summed E-state index contributed by atoms with van der Waals surface area (Å²) in [4.78, 5) is 15.1. The standard InChI is InChI=1S/C13H10N2O2/c16-9-10-3-4-11-7-14-13(15(11)8-10)6-12-2-1-5-17-12/h1-5,7-9H,6H2. The minimum Gasteiger partial charge on any atom is -0.469 e. The molecule has 3 aromatic rings. The van der Waals surface area contributed by atoms with Crippen molar-refractivity contribution >= 4 is 11.8 Å². The third-order valence-corrected chi connectivity index (χ3v) is 2.68. The first-order valence-corrected chi connectivity index (χ1v) is 5.30. The molecule has 17 heavy (non-hydrogen) atoms. The molecule has 84 valence electrons. The number of pyridine rings is 1. The number of hydrogen-bond donors (Lipinski definition) is 0. The first-order valence-electron chi connectivity index (χ1n) is 5.30. The fourth-order valence-corrected chi connectivity index (χ4v) is 1.83. The summed E-state index contributed by atoms with van der Waals surface area (Å²) in [6.07, 6.45) is 6.65. The minimum atomic E-state index is 0.615. The number of imidazole rings is 1. The number of carbonyl (C=O) groups is 1. The van der Waals surface area contributed by atoms with E-state index in [-0.39, 0.29) is 0 Å². The van der Waals surface area contributed by atoms with Gasteiger partial charge in [0.1, 0.15) is 11.6 Å². The molecule has 3 rings (SSSR count). The van der Waals surface area contributed by atoms with Gasteiger partial charge < -0.3 is 8.82 Å². The van der Waals surface area contributed by atoms with Crippen molar-refractivity contribution in [3.63, 3.8) is 0 Å². The molecule has 0 aromatic carbocycles. The molecule has 0 aliphatic rings. The number of furan rings is 1. The topological polar surface area (TPSA) is 47.5 Å². The average molecular weight is 226 g/mol. The summed E-state index contributed by atoms with van der Waals surface area (Å²) in [7, 11) is 0. The molecule has 0 fully saturated rings. The highest BCUT2D eigenvalue weighted by molar-refractivity contribution is 5.75. The lowest BCUT2D eigenvalue weighted by Crippen LogP contribution is -1.96. The molecule has 0 radical (unpaired) electrons. The highest BCUT2D eigenvalue weighted by Crippen LogP contribution is 2.13. The van der Waals surface area contributed by atoms with Crippen LogP contribution >= 0.6 is 0 Å². The van der Waals surface area contributed by atoms with E-state index in [0.717, 1.165) is 23.4 Å². The van der Waals surface area contributed by atoms with Gasteiger partial charge in [-0.15, -0.1) is 0 Å². The summed E-state index contributed by atoms with van der Waals surface area (Å²) in [5, 5.41) is 0. The summed E-state index contributed by atoms with van der Waals surface area (Å²) in [6.45, 7) is 0. The molecule has 0 atom stereocenters. The number of rotatable bonds is 3. The van der Waals surface area contributed by atoms with Crippen molar-refractivity contribution in [3.8, 4) is 0 Å². The van der Waals surface area contributed by atoms with Gasteiger partial charge in [0.15, 0.2) is 6.29 Å². The summed E-state index contributed by atoms with van der Waals surface area (Å²) in [6, 6.07) is 7.41. The fourth-order valence-electron chi connectivity index (χ4n) is 1.83. The Labute approximate surface area is 97.5 Å². The number of aldehydes is 1. The normalized spacial score (nSPS) is 10.8. The maximum Gasteiger partial charge on any atom is 0.151 e. The van der Waals surface area contributed by atoms with E-state index < -0.39 is 0 Å². The van der Waals surface area contributed by atoms with Crippen LogP contribution in [-0.2, 0) is 6.42 Å². The van der Waals surface area contributed by atoms with Crippen molar-refractivity contribution < 1.29 is 9.21 Å². The predicted octanol–water partition coefficient (Wildman–Crippen LogP) is 2.33. The average Bonchev–Trinajstić information content (AvgIpc) is 2.99. The molecule has 3 heterocycles. The van der Waals surface area contributed by atoms with Gasteiger partial charge in [-0.25, -0.2) is 4.98 Å². The van der Waals surface area contributed by atoms with Crippen molar-refractivity contribution in [3.05, 3.63) is 60.1 Å². The first kappa shape index (κ1) is 9.84. The van der Waals surface area contributed by atoms with Crippen molar-refractivity contribution in [2.75, 3.05) is 0 Å². The second-order valence-corrected chi connectivity index (χ2v) is 3.81. The van der Waals surface area contributed by atoms with E-state index in [0.29, 0.717) is 12.0 Å². The molecule has 0 bridgehead atoms. The maximum atomic E-state index is 10.7. The molecule has 0 saturated heterocycles. The van der Waals surface area contributed by atoms with Gasteiger partial charge in [-0.2, -0.15) is 0 Å². The van der Waals surface area contributed by atoms with Crippen LogP contribution in [0, 0.1) is 0 Å². The van der Waals surface area contributed by atoms with Crippen LogP contribution in [0.3, 0.4) is 0 Å². The maximum absolute atomic E-state index is 10.7. The largest absolute Gasteiger partial charge is 0.469 e. The Morgan fingerprint density at radius 2 is 2.29 bits per heavy atom. The predicted molar refractivity (Wildman–Crippen MR) is 62.1 cm³/mol. The number of aromatic nitrogens is 2. The van der Waals surface area contributed by atoms with Crippen molar-refractivity contribution in [1.82, 2.24) is 9.38 Å². The summed E-state index contributed by atoms with van der Waals surface area (Å²) in [5.74, 6) is 1.72. The molecular formula is C13H10N2O2. The van der Waals surface area contributed by atoms with Gasteiger partial charge in [-0.1, -0.05) is 0 Å². The molecule has 0 saturated carbocycles. The molecule has 0 N–H and O–H groups in total. The van der Waals surface area contributed by atoms with Gasteiger partial charge in [0.2, 0.25) is 0 Å². The summed E-state index contributed by atoms with van der Waals surface area (Å²) in [5.41, 5.74) is 1.60. The Bertz CT molecular complexity index is 653. The first-order chi connectivity index (χ1) is 8.36. The summed E-state index contributed by atoms with van der Waals surface area (Å²) < 4.78 is 7.20. The molecule has 0 aliphatic carbocycles. The molecular weight excluding hydrogens is 216 g/mol. The van der Waals surface area contributed by atoms with Gasteiger partial charge in [-0.05, 0) is 24.3 Å². The van der Waals surface area contributed by atoms with Crippen molar-refractivity contribution in [2.24, 2.45) is 0 Å². The molecule has 4 heteroatoms. The van der Waals surface area contributed by atoms with Crippen LogP contribution < -0.4 is 0 Å². The fraction of sp³-hybridized carbons (Fsp3) is 0.0769. The van der Waals surface area contributed by atoms with E-state index in [4.69, 9.17) is 4.42 Å². The molecule has 0 amide bonds. The van der Waals surface area contributed by atoms with Crippen LogP contribution in [0.25, 0.3) is 5.52 Å². The van der Waals surface area contributed by atoms with Gasteiger partial charge >= 0.3 is 0 Å². The van der Waals surface area contributed by atoms with Crippen LogP contribution in [-0.4, -0.2) is 15.7 Å². The molecule has 0 unspecified atom stereocenters. The molecule has 0 aliphatic heterocycles.